The van der Waals surface area contributed by atoms with E-state index in [9.17, 15) is 0 Å². The Kier molecular flexibility index (Phi) is 6.23. The molecule has 0 spiro atoms. The summed E-state index contributed by atoms with van der Waals surface area (Å²) in [6.45, 7) is 7.24. The first-order chi connectivity index (χ1) is 14.6. The summed E-state index contributed by atoms with van der Waals surface area (Å²) in [4.78, 5) is 1.35. The zero-order valence-electron chi connectivity index (χ0n) is 17.6. The molecule has 0 radical (unpaired) electrons. The Bertz CT molecular complexity index is 1100. The quantitative estimate of drug-likeness (QED) is 0.378. The second kappa shape index (κ2) is 9.22. The molecular weight excluding hydrogens is 392 g/mol. The first-order valence-corrected chi connectivity index (χ1v) is 11.1. The molecular formula is C24H26N4OS. The number of tetrazole rings is 1. The Labute approximate surface area is 181 Å². The van der Waals surface area contributed by atoms with Gasteiger partial charge in [0.25, 0.3) is 0 Å². The molecule has 0 bridgehead atoms. The number of nitrogens with zero attached hydrogens (tertiary/aromatic N) is 4. The fourth-order valence-electron chi connectivity index (χ4n) is 3.65. The molecule has 154 valence electrons. The van der Waals surface area contributed by atoms with Gasteiger partial charge in [-0.25, -0.2) is 4.68 Å². The average molecular weight is 419 g/mol. The van der Waals surface area contributed by atoms with Crippen LogP contribution in [0.2, 0.25) is 0 Å². The molecule has 0 atom stereocenters. The molecule has 30 heavy (non-hydrogen) atoms. The maximum absolute atomic E-state index is 6.17. The Morgan fingerprint density at radius 2 is 1.93 bits per heavy atom. The minimum atomic E-state index is 0.589. The number of hydrogen-bond acceptors (Lipinski definition) is 5. The molecule has 0 aliphatic heterocycles. The second-order valence-electron chi connectivity index (χ2n) is 7.89. The van der Waals surface area contributed by atoms with Gasteiger partial charge in [0, 0.05) is 11.3 Å². The largest absolute Gasteiger partial charge is 0.493 e. The van der Waals surface area contributed by atoms with Crippen molar-refractivity contribution < 1.29 is 4.74 Å². The predicted octanol–water partition coefficient (Wildman–Crippen LogP) is 5.52. The van der Waals surface area contributed by atoms with Crippen LogP contribution in [0.5, 0.6) is 5.75 Å². The van der Waals surface area contributed by atoms with Crippen molar-refractivity contribution in [3.05, 3.63) is 76.9 Å². The van der Waals surface area contributed by atoms with Gasteiger partial charge in [-0.15, -0.1) is 16.4 Å². The van der Waals surface area contributed by atoms with Gasteiger partial charge in [0.15, 0.2) is 0 Å². The number of aromatic nitrogens is 4. The standard InChI is InChI=1S/C24H26N4OS/c1-17(2)12-20-9-11-30-24(20)21-13-18(3)14-22(15-21)29-10-8-19-6-4-5-7-23(19)28-16-25-26-27-28/h4-7,9,11,13-17H,8,10,12H2,1-3H3. The van der Waals surface area contributed by atoms with Gasteiger partial charge in [-0.1, -0.05) is 38.1 Å². The molecule has 0 saturated heterocycles. The Morgan fingerprint density at radius 1 is 1.07 bits per heavy atom. The summed E-state index contributed by atoms with van der Waals surface area (Å²) in [6, 6.07) is 16.9. The maximum Gasteiger partial charge on any atom is 0.143 e. The molecule has 0 N–H and O–H groups in total. The van der Waals surface area contributed by atoms with E-state index in [1.807, 2.05) is 18.2 Å². The number of thiophene rings is 1. The third-order valence-electron chi connectivity index (χ3n) is 4.92. The summed E-state index contributed by atoms with van der Waals surface area (Å²) in [5, 5.41) is 13.7. The van der Waals surface area contributed by atoms with E-state index in [0.717, 1.165) is 29.8 Å². The van der Waals surface area contributed by atoms with Crippen LogP contribution in [-0.4, -0.2) is 26.8 Å². The molecule has 0 fully saturated rings. The molecule has 5 nitrogen and oxygen atoms in total. The molecule has 4 aromatic rings. The molecule has 0 amide bonds. The maximum atomic E-state index is 6.17. The van der Waals surface area contributed by atoms with E-state index in [0.29, 0.717) is 12.5 Å². The van der Waals surface area contributed by atoms with Crippen molar-refractivity contribution in [1.29, 1.82) is 0 Å². The monoisotopic (exact) mass is 418 g/mol. The van der Waals surface area contributed by atoms with Crippen molar-refractivity contribution in [2.45, 2.75) is 33.6 Å². The second-order valence-corrected chi connectivity index (χ2v) is 8.81. The summed E-state index contributed by atoms with van der Waals surface area (Å²) in [6.07, 6.45) is 3.48. The molecule has 0 unspecified atom stereocenters. The van der Waals surface area contributed by atoms with Crippen molar-refractivity contribution in [2.75, 3.05) is 6.61 Å². The van der Waals surface area contributed by atoms with Crippen LogP contribution in [-0.2, 0) is 12.8 Å². The SMILES string of the molecule is Cc1cc(OCCc2ccccc2-n2cnnn2)cc(-c2sccc2CC(C)C)c1. The lowest BCUT2D eigenvalue weighted by molar-refractivity contribution is 0.321. The summed E-state index contributed by atoms with van der Waals surface area (Å²) in [5.41, 5.74) is 6.00. The van der Waals surface area contributed by atoms with Gasteiger partial charge in [0.05, 0.1) is 12.3 Å². The Balaban J connectivity index is 1.49. The first-order valence-electron chi connectivity index (χ1n) is 10.2. The van der Waals surface area contributed by atoms with Crippen molar-refractivity contribution in [3.63, 3.8) is 0 Å². The van der Waals surface area contributed by atoms with Crippen LogP contribution in [0.1, 0.15) is 30.5 Å². The van der Waals surface area contributed by atoms with Gasteiger partial charge in [-0.2, -0.15) is 0 Å². The topological polar surface area (TPSA) is 52.8 Å². The van der Waals surface area contributed by atoms with Gasteiger partial charge in [-0.3, -0.25) is 0 Å². The summed E-state index contributed by atoms with van der Waals surface area (Å²) in [7, 11) is 0. The number of aryl methyl sites for hydroxylation is 1. The van der Waals surface area contributed by atoms with E-state index in [1.54, 1.807) is 22.3 Å². The van der Waals surface area contributed by atoms with E-state index >= 15 is 0 Å². The minimum absolute atomic E-state index is 0.589. The van der Waals surface area contributed by atoms with Crippen LogP contribution in [0, 0.1) is 12.8 Å². The van der Waals surface area contributed by atoms with Crippen molar-refractivity contribution in [3.8, 4) is 21.9 Å². The number of hydrogen-bond donors (Lipinski definition) is 0. The van der Waals surface area contributed by atoms with Gasteiger partial charge in [0.1, 0.15) is 12.1 Å². The Morgan fingerprint density at radius 3 is 2.73 bits per heavy atom. The van der Waals surface area contributed by atoms with E-state index in [2.05, 4.69) is 72.0 Å². The fourth-order valence-corrected chi connectivity index (χ4v) is 4.57. The van der Waals surface area contributed by atoms with E-state index in [-0.39, 0.29) is 0 Å². The summed E-state index contributed by atoms with van der Waals surface area (Å²) < 4.78 is 7.85. The molecule has 2 heterocycles. The van der Waals surface area contributed by atoms with Crippen LogP contribution in [0.3, 0.4) is 0 Å². The van der Waals surface area contributed by atoms with Crippen molar-refractivity contribution in [2.24, 2.45) is 5.92 Å². The van der Waals surface area contributed by atoms with E-state index < -0.39 is 0 Å². The smallest absolute Gasteiger partial charge is 0.143 e. The third-order valence-corrected chi connectivity index (χ3v) is 5.92. The van der Waals surface area contributed by atoms with Gasteiger partial charge in [-0.05, 0) is 81.6 Å². The van der Waals surface area contributed by atoms with Crippen LogP contribution < -0.4 is 4.74 Å². The molecule has 0 aliphatic carbocycles. The number of benzene rings is 2. The molecule has 0 aliphatic rings. The molecule has 2 aromatic heterocycles. The van der Waals surface area contributed by atoms with Crippen LogP contribution >= 0.6 is 11.3 Å². The van der Waals surface area contributed by atoms with Crippen molar-refractivity contribution >= 4 is 11.3 Å². The van der Waals surface area contributed by atoms with Crippen LogP contribution in [0.25, 0.3) is 16.1 Å². The van der Waals surface area contributed by atoms with Crippen LogP contribution in [0.15, 0.2) is 60.2 Å². The van der Waals surface area contributed by atoms with Gasteiger partial charge in [0.2, 0.25) is 0 Å². The third kappa shape index (κ3) is 4.76. The van der Waals surface area contributed by atoms with E-state index in [1.165, 1.54) is 21.6 Å². The highest BCUT2D eigenvalue weighted by Gasteiger charge is 2.11. The van der Waals surface area contributed by atoms with Gasteiger partial charge >= 0.3 is 0 Å². The fraction of sp³-hybridized carbons (Fsp3) is 0.292. The number of para-hydroxylation sites is 1. The minimum Gasteiger partial charge on any atom is -0.493 e. The lowest BCUT2D eigenvalue weighted by Gasteiger charge is -2.12. The zero-order chi connectivity index (χ0) is 20.9. The lowest BCUT2D eigenvalue weighted by atomic mass is 10.00. The van der Waals surface area contributed by atoms with Gasteiger partial charge < -0.3 is 4.74 Å². The van der Waals surface area contributed by atoms with Crippen LogP contribution in [0.4, 0.5) is 0 Å². The predicted molar refractivity (Wildman–Crippen MR) is 121 cm³/mol. The molecule has 4 rings (SSSR count). The highest BCUT2D eigenvalue weighted by Crippen LogP contribution is 2.34. The molecule has 0 saturated carbocycles. The number of ether oxygens (including phenoxy) is 1. The molecule has 6 heteroatoms. The summed E-state index contributed by atoms with van der Waals surface area (Å²) in [5.74, 6) is 1.55. The lowest BCUT2D eigenvalue weighted by Crippen LogP contribution is -2.06. The normalized spacial score (nSPS) is 11.2. The zero-order valence-corrected chi connectivity index (χ0v) is 18.4. The highest BCUT2D eigenvalue weighted by molar-refractivity contribution is 7.13. The Hall–Kier alpha value is -2.99. The number of rotatable bonds is 8. The van der Waals surface area contributed by atoms with Crippen molar-refractivity contribution in [1.82, 2.24) is 20.2 Å². The van der Waals surface area contributed by atoms with E-state index in [4.69, 9.17) is 4.74 Å². The first kappa shape index (κ1) is 20.3. The highest BCUT2D eigenvalue weighted by atomic mass is 32.1. The molecule has 2 aromatic carbocycles. The average Bonchev–Trinajstić information content (AvgIpc) is 3.40. The summed E-state index contributed by atoms with van der Waals surface area (Å²) >= 11 is 1.81.